The van der Waals surface area contributed by atoms with Crippen molar-refractivity contribution in [3.05, 3.63) is 29.6 Å². The van der Waals surface area contributed by atoms with Crippen molar-refractivity contribution >= 4 is 0 Å². The van der Waals surface area contributed by atoms with Gasteiger partial charge in [0, 0.05) is 12.0 Å². The minimum absolute atomic E-state index is 0.0355. The molecule has 0 radical (unpaired) electrons. The second kappa shape index (κ2) is 4.59. The van der Waals surface area contributed by atoms with Crippen LogP contribution in [-0.2, 0) is 11.3 Å². The molecule has 1 N–H and O–H groups in total. The minimum atomic E-state index is -0.212. The molecule has 4 heteroatoms. The molecule has 1 aliphatic heterocycles. The van der Waals surface area contributed by atoms with Crippen LogP contribution < -0.4 is 10.2 Å². The fraction of sp³-hybridized carbons (Fsp3) is 0.455. The third kappa shape index (κ3) is 2.46. The zero-order valence-electron chi connectivity index (χ0n) is 8.63. The van der Waals surface area contributed by atoms with Gasteiger partial charge in [-0.25, -0.2) is 4.39 Å². The summed E-state index contributed by atoms with van der Waals surface area (Å²) in [5.41, 5.74) is 3.74. The average molecular weight is 211 g/mol. The summed E-state index contributed by atoms with van der Waals surface area (Å²) in [7, 11) is 0. The molecule has 0 saturated heterocycles. The van der Waals surface area contributed by atoms with E-state index in [1.807, 2.05) is 6.92 Å². The van der Waals surface area contributed by atoms with Crippen LogP contribution in [0.4, 0.5) is 4.39 Å². The molecule has 1 aromatic rings. The molecule has 1 aliphatic rings. The molecule has 1 unspecified atom stereocenters. The molecule has 1 atom stereocenters. The number of hydrogen-bond donors (Lipinski definition) is 1. The fourth-order valence-electron chi connectivity index (χ4n) is 1.66. The molecule has 82 valence electrons. The van der Waals surface area contributed by atoms with E-state index < -0.39 is 0 Å². The van der Waals surface area contributed by atoms with Gasteiger partial charge in [-0.2, -0.15) is 5.48 Å². The monoisotopic (exact) mass is 211 g/mol. The molecule has 0 fully saturated rings. The lowest BCUT2D eigenvalue weighted by Crippen LogP contribution is -2.30. The standard InChI is InChI=1S/C11H14FNO2/c1-2-14-13-7-10-6-8-5-9(12)3-4-11(8)15-10/h3-5,10,13H,2,6-7H2,1H3. The van der Waals surface area contributed by atoms with Crippen molar-refractivity contribution in [1.29, 1.82) is 0 Å². The Morgan fingerprint density at radius 3 is 3.27 bits per heavy atom. The van der Waals surface area contributed by atoms with Gasteiger partial charge in [-0.3, -0.25) is 0 Å². The van der Waals surface area contributed by atoms with Gasteiger partial charge in [-0.05, 0) is 25.1 Å². The summed E-state index contributed by atoms with van der Waals surface area (Å²) in [5.74, 6) is 0.565. The Morgan fingerprint density at radius 2 is 2.47 bits per heavy atom. The van der Waals surface area contributed by atoms with Gasteiger partial charge in [0.1, 0.15) is 17.7 Å². The number of benzene rings is 1. The lowest BCUT2D eigenvalue weighted by atomic mass is 10.1. The van der Waals surface area contributed by atoms with E-state index in [4.69, 9.17) is 9.57 Å². The maximum atomic E-state index is 12.9. The first-order valence-electron chi connectivity index (χ1n) is 5.09. The summed E-state index contributed by atoms with van der Waals surface area (Å²) in [6, 6.07) is 4.61. The molecule has 0 aliphatic carbocycles. The zero-order valence-corrected chi connectivity index (χ0v) is 8.63. The molecule has 0 amide bonds. The predicted molar refractivity (Wildman–Crippen MR) is 54.1 cm³/mol. The van der Waals surface area contributed by atoms with Gasteiger partial charge in [0.2, 0.25) is 0 Å². The summed E-state index contributed by atoms with van der Waals surface area (Å²) in [5, 5.41) is 0. The van der Waals surface area contributed by atoms with Crippen LogP contribution >= 0.6 is 0 Å². The van der Waals surface area contributed by atoms with E-state index >= 15 is 0 Å². The highest BCUT2D eigenvalue weighted by Gasteiger charge is 2.22. The Labute approximate surface area is 88.1 Å². The number of hydroxylamine groups is 1. The maximum Gasteiger partial charge on any atom is 0.123 e. The van der Waals surface area contributed by atoms with E-state index in [-0.39, 0.29) is 11.9 Å². The summed E-state index contributed by atoms with van der Waals surface area (Å²) in [6.45, 7) is 3.14. The number of ether oxygens (including phenoxy) is 1. The predicted octanol–water partition coefficient (Wildman–Crippen LogP) is 1.67. The molecule has 3 nitrogen and oxygen atoms in total. The Bertz CT molecular complexity index is 343. The summed E-state index contributed by atoms with van der Waals surface area (Å²) >= 11 is 0. The zero-order chi connectivity index (χ0) is 10.7. The summed E-state index contributed by atoms with van der Waals surface area (Å²) in [6.07, 6.45) is 0.765. The Morgan fingerprint density at radius 1 is 1.60 bits per heavy atom. The molecule has 0 spiro atoms. The maximum absolute atomic E-state index is 12.9. The van der Waals surface area contributed by atoms with E-state index in [1.54, 1.807) is 6.07 Å². The largest absolute Gasteiger partial charge is 0.488 e. The summed E-state index contributed by atoms with van der Waals surface area (Å²) in [4.78, 5) is 5.01. The van der Waals surface area contributed by atoms with Crippen LogP contribution in [0.5, 0.6) is 5.75 Å². The van der Waals surface area contributed by atoms with Gasteiger partial charge in [-0.15, -0.1) is 0 Å². The van der Waals surface area contributed by atoms with Crippen molar-refractivity contribution in [3.8, 4) is 5.75 Å². The quantitative estimate of drug-likeness (QED) is 0.607. The lowest BCUT2D eigenvalue weighted by molar-refractivity contribution is 0.0305. The molecule has 15 heavy (non-hydrogen) atoms. The van der Waals surface area contributed by atoms with Crippen molar-refractivity contribution in [2.75, 3.05) is 13.2 Å². The smallest absolute Gasteiger partial charge is 0.123 e. The van der Waals surface area contributed by atoms with Gasteiger partial charge in [0.15, 0.2) is 0 Å². The van der Waals surface area contributed by atoms with Gasteiger partial charge in [0.25, 0.3) is 0 Å². The number of hydrogen-bond acceptors (Lipinski definition) is 3. The van der Waals surface area contributed by atoms with Gasteiger partial charge in [-0.1, -0.05) is 0 Å². The van der Waals surface area contributed by atoms with Crippen LogP contribution in [0.2, 0.25) is 0 Å². The highest BCUT2D eigenvalue weighted by Crippen LogP contribution is 2.28. The van der Waals surface area contributed by atoms with Crippen molar-refractivity contribution in [2.24, 2.45) is 0 Å². The second-order valence-electron chi connectivity index (χ2n) is 3.48. The third-order valence-corrected chi connectivity index (χ3v) is 2.32. The lowest BCUT2D eigenvalue weighted by Gasteiger charge is -2.10. The normalized spacial score (nSPS) is 18.7. The Balaban J connectivity index is 1.91. The molecule has 2 rings (SSSR count). The SMILES string of the molecule is CCONCC1Cc2cc(F)ccc2O1. The third-order valence-electron chi connectivity index (χ3n) is 2.32. The Kier molecular flexibility index (Phi) is 3.18. The molecule has 1 heterocycles. The van der Waals surface area contributed by atoms with E-state index in [9.17, 15) is 4.39 Å². The molecular formula is C11H14FNO2. The molecule has 0 bridgehead atoms. The Hall–Kier alpha value is -1.13. The van der Waals surface area contributed by atoms with Crippen LogP contribution in [0.3, 0.4) is 0 Å². The van der Waals surface area contributed by atoms with Gasteiger partial charge in [0.05, 0.1) is 13.2 Å². The van der Waals surface area contributed by atoms with Crippen molar-refractivity contribution in [1.82, 2.24) is 5.48 Å². The van der Waals surface area contributed by atoms with Crippen LogP contribution in [-0.4, -0.2) is 19.3 Å². The van der Waals surface area contributed by atoms with Gasteiger partial charge < -0.3 is 9.57 Å². The van der Waals surface area contributed by atoms with Gasteiger partial charge >= 0.3 is 0 Å². The van der Waals surface area contributed by atoms with Crippen molar-refractivity contribution in [2.45, 2.75) is 19.4 Å². The van der Waals surface area contributed by atoms with Crippen LogP contribution in [0, 0.1) is 5.82 Å². The molecule has 1 aromatic carbocycles. The summed E-state index contributed by atoms with van der Waals surface area (Å²) < 4.78 is 18.5. The minimum Gasteiger partial charge on any atom is -0.488 e. The number of nitrogens with one attached hydrogen (secondary N) is 1. The fourth-order valence-corrected chi connectivity index (χ4v) is 1.66. The van der Waals surface area contributed by atoms with E-state index in [1.165, 1.54) is 12.1 Å². The first-order valence-corrected chi connectivity index (χ1v) is 5.09. The highest BCUT2D eigenvalue weighted by molar-refractivity contribution is 5.37. The van der Waals surface area contributed by atoms with Crippen LogP contribution in [0.15, 0.2) is 18.2 Å². The molecule has 0 aromatic heterocycles. The molecule has 0 saturated carbocycles. The average Bonchev–Trinajstić information content (AvgIpc) is 2.60. The number of halogens is 1. The first kappa shape index (κ1) is 10.4. The topological polar surface area (TPSA) is 30.5 Å². The number of rotatable bonds is 4. The van der Waals surface area contributed by atoms with E-state index in [0.717, 1.165) is 17.7 Å². The number of fused-ring (bicyclic) bond motifs is 1. The van der Waals surface area contributed by atoms with Crippen molar-refractivity contribution in [3.63, 3.8) is 0 Å². The molecular weight excluding hydrogens is 197 g/mol. The second-order valence-corrected chi connectivity index (χ2v) is 3.48. The first-order chi connectivity index (χ1) is 7.29. The van der Waals surface area contributed by atoms with Crippen molar-refractivity contribution < 1.29 is 14.0 Å². The van der Waals surface area contributed by atoms with Crippen LogP contribution in [0.1, 0.15) is 12.5 Å². The van der Waals surface area contributed by atoms with E-state index in [0.29, 0.717) is 13.2 Å². The van der Waals surface area contributed by atoms with Crippen LogP contribution in [0.25, 0.3) is 0 Å². The van der Waals surface area contributed by atoms with E-state index in [2.05, 4.69) is 5.48 Å². The highest BCUT2D eigenvalue weighted by atomic mass is 19.1.